The van der Waals surface area contributed by atoms with Crippen LogP contribution >= 0.6 is 11.3 Å². The molecule has 9 heteroatoms. The number of carbonyl (C=O) groups is 1. The van der Waals surface area contributed by atoms with Gasteiger partial charge in [0.1, 0.15) is 18.2 Å². The van der Waals surface area contributed by atoms with Gasteiger partial charge in [-0.2, -0.15) is 0 Å². The maximum Gasteiger partial charge on any atom is 0.268 e. The average molecular weight is 552 g/mol. The van der Waals surface area contributed by atoms with E-state index >= 15 is 4.39 Å². The summed E-state index contributed by atoms with van der Waals surface area (Å²) in [6.07, 6.45) is 0. The van der Waals surface area contributed by atoms with Gasteiger partial charge in [0.25, 0.3) is 5.91 Å². The van der Waals surface area contributed by atoms with Crippen LogP contribution in [-0.2, 0) is 11.3 Å². The molecule has 2 aliphatic heterocycles. The van der Waals surface area contributed by atoms with Crippen LogP contribution in [0.4, 0.5) is 15.8 Å². The van der Waals surface area contributed by atoms with Crippen molar-refractivity contribution < 1.29 is 23.8 Å². The summed E-state index contributed by atoms with van der Waals surface area (Å²) in [5.41, 5.74) is 2.42. The lowest BCUT2D eigenvalue weighted by atomic mass is 10.1. The molecular formula is C30H34FN3O4S. The first-order valence-corrected chi connectivity index (χ1v) is 14.5. The van der Waals surface area contributed by atoms with Crippen LogP contribution in [0.3, 0.4) is 0 Å². The van der Waals surface area contributed by atoms with Gasteiger partial charge in [0.05, 0.1) is 30.4 Å². The van der Waals surface area contributed by atoms with E-state index in [2.05, 4.69) is 17.0 Å². The molecule has 6 rings (SSSR count). The molecule has 3 aliphatic rings. The standard InChI is InChI=1S/C30H34FN3O4S/c31-27-16-22(5-8-28(27)33-9-12-37-13-10-33)34(30(36)29-2-1-15-39-29)20-26-24-18-32(19-25(24)26)17-21-3-6-23(7-4-21)38-14-11-35/h1-8,15-16,24-26,35H,9-14,17-20H2. The van der Waals surface area contributed by atoms with Crippen molar-refractivity contribution in [3.05, 3.63) is 76.2 Å². The van der Waals surface area contributed by atoms with E-state index in [1.54, 1.807) is 11.0 Å². The molecule has 2 aromatic carbocycles. The van der Waals surface area contributed by atoms with Crippen LogP contribution in [0.1, 0.15) is 15.2 Å². The summed E-state index contributed by atoms with van der Waals surface area (Å²) >= 11 is 1.42. The van der Waals surface area contributed by atoms with Gasteiger partial charge in [-0.05, 0) is 65.1 Å². The summed E-state index contributed by atoms with van der Waals surface area (Å²) in [5.74, 6) is 1.92. The van der Waals surface area contributed by atoms with Gasteiger partial charge in [-0.1, -0.05) is 18.2 Å². The molecule has 2 unspecified atom stereocenters. The Labute approximate surface area is 232 Å². The Hall–Kier alpha value is -2.98. The molecule has 0 bridgehead atoms. The number of hydrogen-bond acceptors (Lipinski definition) is 7. The van der Waals surface area contributed by atoms with Crippen LogP contribution in [0.2, 0.25) is 0 Å². The van der Waals surface area contributed by atoms with E-state index in [1.165, 1.54) is 23.0 Å². The second-order valence-corrected chi connectivity index (χ2v) is 11.5. The number of likely N-dealkylation sites (tertiary alicyclic amines) is 1. The number of amides is 1. The molecule has 3 aromatic rings. The monoisotopic (exact) mass is 551 g/mol. The molecule has 206 valence electrons. The van der Waals surface area contributed by atoms with Gasteiger partial charge in [0.2, 0.25) is 0 Å². The topological polar surface area (TPSA) is 65.5 Å². The van der Waals surface area contributed by atoms with Crippen LogP contribution in [-0.4, -0.2) is 75.1 Å². The Kier molecular flexibility index (Phi) is 7.83. The molecule has 0 spiro atoms. The Morgan fingerprint density at radius 3 is 2.54 bits per heavy atom. The number of fused-ring (bicyclic) bond motifs is 1. The van der Waals surface area contributed by atoms with Gasteiger partial charge in [-0.25, -0.2) is 4.39 Å². The number of nitrogens with zero attached hydrogens (tertiary/aromatic N) is 3. The molecule has 0 radical (unpaired) electrons. The van der Waals surface area contributed by atoms with Crippen molar-refractivity contribution in [2.24, 2.45) is 17.8 Å². The van der Waals surface area contributed by atoms with E-state index in [-0.39, 0.29) is 18.3 Å². The number of carbonyl (C=O) groups excluding carboxylic acids is 1. The van der Waals surface area contributed by atoms with Crippen LogP contribution in [0.25, 0.3) is 0 Å². The quantitative estimate of drug-likeness (QED) is 0.409. The highest BCUT2D eigenvalue weighted by Gasteiger charge is 2.56. The number of morpholine rings is 1. The van der Waals surface area contributed by atoms with Gasteiger partial charge in [0, 0.05) is 45.0 Å². The zero-order valence-corrected chi connectivity index (χ0v) is 22.7. The molecule has 1 amide bonds. The Balaban J connectivity index is 1.11. The fourth-order valence-corrected chi connectivity index (χ4v) is 6.70. The number of anilines is 2. The third kappa shape index (κ3) is 5.82. The molecule has 1 saturated carbocycles. The van der Waals surface area contributed by atoms with Crippen molar-refractivity contribution in [3.63, 3.8) is 0 Å². The highest BCUT2D eigenvalue weighted by molar-refractivity contribution is 7.12. The molecular weight excluding hydrogens is 517 g/mol. The third-order valence-corrected chi connectivity index (χ3v) is 8.96. The van der Waals surface area contributed by atoms with Crippen molar-refractivity contribution >= 4 is 28.6 Å². The van der Waals surface area contributed by atoms with Gasteiger partial charge in [0.15, 0.2) is 0 Å². The SMILES string of the molecule is O=C(c1cccs1)N(CC1C2CN(Cc3ccc(OCCO)cc3)CC21)c1ccc(N2CCOCC2)c(F)c1. The molecule has 3 heterocycles. The summed E-state index contributed by atoms with van der Waals surface area (Å²) in [7, 11) is 0. The molecule has 7 nitrogen and oxygen atoms in total. The minimum Gasteiger partial charge on any atom is -0.491 e. The number of rotatable bonds is 10. The van der Waals surface area contributed by atoms with E-state index in [4.69, 9.17) is 14.6 Å². The highest BCUT2D eigenvalue weighted by Crippen LogP contribution is 2.52. The summed E-state index contributed by atoms with van der Waals surface area (Å²) in [6, 6.07) is 17.0. The minimum atomic E-state index is -0.298. The Morgan fingerprint density at radius 2 is 1.87 bits per heavy atom. The summed E-state index contributed by atoms with van der Waals surface area (Å²) in [5, 5.41) is 10.8. The predicted octanol–water partition coefficient (Wildman–Crippen LogP) is 4.12. The van der Waals surface area contributed by atoms with E-state index < -0.39 is 0 Å². The number of ether oxygens (including phenoxy) is 2. The Bertz CT molecular complexity index is 1250. The van der Waals surface area contributed by atoms with Crippen molar-refractivity contribution in [2.75, 3.05) is 69.0 Å². The lowest BCUT2D eigenvalue weighted by molar-refractivity contribution is 0.0988. The van der Waals surface area contributed by atoms with Gasteiger partial charge >= 0.3 is 0 Å². The zero-order valence-electron chi connectivity index (χ0n) is 21.9. The highest BCUT2D eigenvalue weighted by atomic mass is 32.1. The van der Waals surface area contributed by atoms with Crippen molar-refractivity contribution in [1.82, 2.24) is 4.90 Å². The number of hydrogen-bond donors (Lipinski definition) is 1. The maximum absolute atomic E-state index is 15.3. The number of piperidine rings is 1. The van der Waals surface area contributed by atoms with Crippen LogP contribution in [0, 0.1) is 23.6 Å². The van der Waals surface area contributed by atoms with Crippen LogP contribution in [0.5, 0.6) is 5.75 Å². The fourth-order valence-electron chi connectivity index (χ4n) is 6.02. The van der Waals surface area contributed by atoms with E-state index in [9.17, 15) is 4.79 Å². The second kappa shape index (κ2) is 11.6. The number of halogens is 1. The summed E-state index contributed by atoms with van der Waals surface area (Å²) < 4.78 is 26.2. The van der Waals surface area contributed by atoms with Crippen LogP contribution in [0.15, 0.2) is 60.0 Å². The molecule has 1 N–H and O–H groups in total. The largest absolute Gasteiger partial charge is 0.491 e. The number of thiophene rings is 1. The predicted molar refractivity (Wildman–Crippen MR) is 150 cm³/mol. The zero-order chi connectivity index (χ0) is 26.8. The molecule has 39 heavy (non-hydrogen) atoms. The average Bonchev–Trinajstić information content (AvgIpc) is 3.34. The summed E-state index contributed by atoms with van der Waals surface area (Å²) in [4.78, 5) is 20.5. The molecule has 1 aromatic heterocycles. The minimum absolute atomic E-state index is 0.00448. The smallest absolute Gasteiger partial charge is 0.268 e. The first kappa shape index (κ1) is 26.3. The summed E-state index contributed by atoms with van der Waals surface area (Å²) in [6.45, 7) is 6.31. The molecule has 2 atom stereocenters. The number of aliphatic hydroxyl groups excluding tert-OH is 1. The fraction of sp³-hybridized carbons (Fsp3) is 0.433. The normalized spacial score (nSPS) is 22.5. The van der Waals surface area contributed by atoms with Gasteiger partial charge in [-0.15, -0.1) is 11.3 Å². The van der Waals surface area contributed by atoms with E-state index in [0.29, 0.717) is 73.5 Å². The van der Waals surface area contributed by atoms with Gasteiger partial charge in [-0.3, -0.25) is 9.69 Å². The number of benzene rings is 2. The molecule has 2 saturated heterocycles. The van der Waals surface area contributed by atoms with Crippen LogP contribution < -0.4 is 14.5 Å². The second-order valence-electron chi connectivity index (χ2n) is 10.5. The Morgan fingerprint density at radius 1 is 1.10 bits per heavy atom. The lowest BCUT2D eigenvalue weighted by Crippen LogP contribution is -2.37. The number of aliphatic hydroxyl groups is 1. The first-order chi connectivity index (χ1) is 19.1. The van der Waals surface area contributed by atoms with Crippen molar-refractivity contribution in [3.8, 4) is 5.75 Å². The lowest BCUT2D eigenvalue weighted by Gasteiger charge is -2.30. The van der Waals surface area contributed by atoms with E-state index in [1.807, 2.05) is 40.6 Å². The van der Waals surface area contributed by atoms with Crippen molar-refractivity contribution in [2.45, 2.75) is 6.54 Å². The van der Waals surface area contributed by atoms with Crippen molar-refractivity contribution in [1.29, 1.82) is 0 Å². The third-order valence-electron chi connectivity index (χ3n) is 8.10. The van der Waals surface area contributed by atoms with E-state index in [0.717, 1.165) is 25.4 Å². The molecule has 3 fully saturated rings. The first-order valence-electron chi connectivity index (χ1n) is 13.6. The van der Waals surface area contributed by atoms with Gasteiger partial charge < -0.3 is 24.4 Å². The molecule has 1 aliphatic carbocycles. The maximum atomic E-state index is 15.3.